The number of nitrogens with one attached hydrogen (secondary N) is 3. The number of halogens is 1. The zero-order chi connectivity index (χ0) is 13.5. The maximum atomic E-state index is 13.5. The van der Waals surface area contributed by atoms with Gasteiger partial charge in [-0.25, -0.2) is 22.9 Å². The van der Waals surface area contributed by atoms with Crippen LogP contribution in [-0.2, 0) is 10.0 Å². The van der Waals surface area contributed by atoms with Crippen LogP contribution in [0.5, 0.6) is 0 Å². The van der Waals surface area contributed by atoms with Crippen LogP contribution in [-0.4, -0.2) is 24.3 Å². The van der Waals surface area contributed by atoms with Gasteiger partial charge in [0.25, 0.3) is 0 Å². The fourth-order valence-electron chi connectivity index (χ4n) is 1.42. The monoisotopic (exact) mass is 272 g/mol. The molecule has 10 heteroatoms. The number of guanidine groups is 1. The molecule has 18 heavy (non-hydrogen) atoms. The molecule has 96 valence electrons. The van der Waals surface area contributed by atoms with Crippen LogP contribution in [0.4, 0.5) is 10.3 Å². The summed E-state index contributed by atoms with van der Waals surface area (Å²) in [4.78, 5) is 5.88. The topological polar surface area (TPSA) is 151 Å². The summed E-state index contributed by atoms with van der Waals surface area (Å²) >= 11 is 0. The van der Waals surface area contributed by atoms with Crippen LogP contribution in [0, 0.1) is 11.2 Å². The van der Waals surface area contributed by atoms with Crippen molar-refractivity contribution in [1.29, 1.82) is 5.41 Å². The first-order chi connectivity index (χ1) is 8.27. The molecule has 0 bridgehead atoms. The van der Waals surface area contributed by atoms with Gasteiger partial charge in [-0.3, -0.25) is 10.7 Å². The maximum absolute atomic E-state index is 13.5. The molecular weight excluding hydrogens is 263 g/mol. The second-order valence-corrected chi connectivity index (χ2v) is 5.00. The van der Waals surface area contributed by atoms with Gasteiger partial charge in [-0.05, 0) is 6.07 Å². The van der Waals surface area contributed by atoms with E-state index >= 15 is 0 Å². The summed E-state index contributed by atoms with van der Waals surface area (Å²) in [6, 6.07) is 1.95. The minimum atomic E-state index is -4.15. The molecule has 0 radical (unpaired) electrons. The predicted octanol–water partition coefficient (Wildman–Crippen LogP) is -0.345. The summed E-state index contributed by atoms with van der Waals surface area (Å²) in [5.41, 5.74) is 5.54. The largest absolute Gasteiger partial charge is 0.370 e. The van der Waals surface area contributed by atoms with Crippen molar-refractivity contribution in [2.24, 2.45) is 10.9 Å². The Kier molecular flexibility index (Phi) is 2.67. The molecule has 0 amide bonds. The standard InChI is InChI=1S/C8H9FN6O2S/c9-3-1-4-5(2-6(3)18(12,16)17)14-8(13-4)15-7(10)11/h1-2H,(H2,12,16,17)(H5,10,11,13,14,15). The molecule has 0 saturated heterocycles. The molecule has 0 aliphatic heterocycles. The van der Waals surface area contributed by atoms with Crippen molar-refractivity contribution in [2.75, 3.05) is 5.32 Å². The molecule has 8 nitrogen and oxygen atoms in total. The molecule has 1 aromatic heterocycles. The highest BCUT2D eigenvalue weighted by molar-refractivity contribution is 7.89. The molecule has 0 atom stereocenters. The number of aromatic nitrogens is 2. The van der Waals surface area contributed by atoms with E-state index in [0.717, 1.165) is 12.1 Å². The number of aromatic amines is 1. The minimum Gasteiger partial charge on any atom is -0.370 e. The van der Waals surface area contributed by atoms with E-state index in [-0.39, 0.29) is 22.9 Å². The van der Waals surface area contributed by atoms with Gasteiger partial charge in [0.2, 0.25) is 16.0 Å². The molecule has 0 spiro atoms. The van der Waals surface area contributed by atoms with Gasteiger partial charge in [-0.15, -0.1) is 0 Å². The Labute approximate surface area is 101 Å². The van der Waals surface area contributed by atoms with Crippen molar-refractivity contribution in [2.45, 2.75) is 4.90 Å². The molecule has 1 aromatic carbocycles. The SMILES string of the molecule is N=C(N)Nc1nc2cc(F)c(S(N)(=O)=O)cc2[nH]1. The van der Waals surface area contributed by atoms with Gasteiger partial charge in [0.15, 0.2) is 5.96 Å². The number of nitrogens with two attached hydrogens (primary N) is 2. The average Bonchev–Trinajstić information content (AvgIpc) is 2.54. The molecule has 0 saturated carbocycles. The van der Waals surface area contributed by atoms with Gasteiger partial charge in [0.05, 0.1) is 11.0 Å². The number of H-pyrrole nitrogens is 1. The summed E-state index contributed by atoms with van der Waals surface area (Å²) in [6.45, 7) is 0. The van der Waals surface area contributed by atoms with E-state index in [0.29, 0.717) is 0 Å². The Bertz CT molecular complexity index is 737. The van der Waals surface area contributed by atoms with Crippen LogP contribution in [0.15, 0.2) is 17.0 Å². The van der Waals surface area contributed by atoms with E-state index in [1.807, 2.05) is 0 Å². The summed E-state index contributed by atoms with van der Waals surface area (Å²) in [5, 5.41) is 14.2. The molecule has 0 aliphatic carbocycles. The van der Waals surface area contributed by atoms with Gasteiger partial charge >= 0.3 is 0 Å². The summed E-state index contributed by atoms with van der Waals surface area (Å²) in [7, 11) is -4.15. The predicted molar refractivity (Wildman–Crippen MR) is 63.0 cm³/mol. The summed E-state index contributed by atoms with van der Waals surface area (Å²) in [6.07, 6.45) is 0. The molecular formula is C8H9FN6O2S. The van der Waals surface area contributed by atoms with Crippen molar-refractivity contribution >= 4 is 33.0 Å². The van der Waals surface area contributed by atoms with Crippen LogP contribution in [0.25, 0.3) is 11.0 Å². The zero-order valence-electron chi connectivity index (χ0n) is 8.86. The summed E-state index contributed by atoms with van der Waals surface area (Å²) in [5.74, 6) is -1.25. The summed E-state index contributed by atoms with van der Waals surface area (Å²) < 4.78 is 35.7. The van der Waals surface area contributed by atoms with Gasteiger partial charge in [0.1, 0.15) is 10.7 Å². The first kappa shape index (κ1) is 12.3. The number of anilines is 1. The second-order valence-electron chi connectivity index (χ2n) is 3.47. The van der Waals surface area contributed by atoms with E-state index in [1.165, 1.54) is 0 Å². The van der Waals surface area contributed by atoms with E-state index in [1.54, 1.807) is 0 Å². The van der Waals surface area contributed by atoms with Gasteiger partial charge in [0, 0.05) is 6.07 Å². The van der Waals surface area contributed by atoms with Crippen molar-refractivity contribution in [1.82, 2.24) is 9.97 Å². The number of sulfonamides is 1. The smallest absolute Gasteiger partial charge is 0.241 e. The lowest BCUT2D eigenvalue weighted by Crippen LogP contribution is -2.21. The van der Waals surface area contributed by atoms with E-state index < -0.39 is 20.7 Å². The van der Waals surface area contributed by atoms with Crippen molar-refractivity contribution in [3.8, 4) is 0 Å². The van der Waals surface area contributed by atoms with Gasteiger partial charge in [-0.2, -0.15) is 0 Å². The number of nitrogens with zero attached hydrogens (tertiary/aromatic N) is 1. The molecule has 7 N–H and O–H groups in total. The van der Waals surface area contributed by atoms with Crippen LogP contribution in [0.2, 0.25) is 0 Å². The van der Waals surface area contributed by atoms with Crippen LogP contribution in [0.3, 0.4) is 0 Å². The molecule has 0 fully saturated rings. The highest BCUT2D eigenvalue weighted by Gasteiger charge is 2.17. The van der Waals surface area contributed by atoms with Crippen molar-refractivity contribution < 1.29 is 12.8 Å². The van der Waals surface area contributed by atoms with E-state index in [2.05, 4.69) is 15.3 Å². The van der Waals surface area contributed by atoms with Crippen molar-refractivity contribution in [3.63, 3.8) is 0 Å². The van der Waals surface area contributed by atoms with E-state index in [4.69, 9.17) is 16.3 Å². The third kappa shape index (κ3) is 2.24. The third-order valence-electron chi connectivity index (χ3n) is 2.10. The Morgan fingerprint density at radius 1 is 1.50 bits per heavy atom. The number of hydrogen-bond acceptors (Lipinski definition) is 4. The van der Waals surface area contributed by atoms with E-state index in [9.17, 15) is 12.8 Å². The molecule has 1 heterocycles. The zero-order valence-corrected chi connectivity index (χ0v) is 9.68. The van der Waals surface area contributed by atoms with Crippen LogP contribution < -0.4 is 16.2 Å². The Hall–Kier alpha value is -2.20. The number of primary sulfonamides is 1. The Morgan fingerprint density at radius 3 is 2.72 bits per heavy atom. The number of fused-ring (bicyclic) bond motifs is 1. The normalized spacial score (nSPS) is 11.7. The molecule has 0 unspecified atom stereocenters. The fraction of sp³-hybridized carbons (Fsp3) is 0. The molecule has 2 aromatic rings. The van der Waals surface area contributed by atoms with Crippen LogP contribution in [0.1, 0.15) is 0 Å². The average molecular weight is 272 g/mol. The number of rotatable bonds is 2. The first-order valence-electron chi connectivity index (χ1n) is 4.60. The van der Waals surface area contributed by atoms with Gasteiger partial charge < -0.3 is 10.7 Å². The lowest BCUT2D eigenvalue weighted by Gasteiger charge is -1.99. The third-order valence-corrected chi connectivity index (χ3v) is 3.02. The number of imidazole rings is 1. The first-order valence-corrected chi connectivity index (χ1v) is 6.15. The quantitative estimate of drug-likeness (QED) is 0.374. The lowest BCUT2D eigenvalue weighted by molar-refractivity contribution is 0.569. The number of hydrogen-bond donors (Lipinski definition) is 5. The Balaban J connectivity index is 2.61. The van der Waals surface area contributed by atoms with Crippen LogP contribution >= 0.6 is 0 Å². The molecule has 2 rings (SSSR count). The fourth-order valence-corrected chi connectivity index (χ4v) is 2.03. The number of benzene rings is 1. The molecule has 0 aliphatic rings. The lowest BCUT2D eigenvalue weighted by atomic mass is 10.3. The van der Waals surface area contributed by atoms with Gasteiger partial charge in [-0.1, -0.05) is 0 Å². The highest BCUT2D eigenvalue weighted by atomic mass is 32.2. The minimum absolute atomic E-state index is 0.100. The maximum Gasteiger partial charge on any atom is 0.241 e. The second kappa shape index (κ2) is 3.92. The highest BCUT2D eigenvalue weighted by Crippen LogP contribution is 2.21. The Morgan fingerprint density at radius 2 is 2.17 bits per heavy atom. The van der Waals surface area contributed by atoms with Crippen molar-refractivity contribution in [3.05, 3.63) is 17.9 Å².